The second-order valence-electron chi connectivity index (χ2n) is 7.09. The van der Waals surface area contributed by atoms with Gasteiger partial charge in [-0.15, -0.1) is 0 Å². The van der Waals surface area contributed by atoms with Crippen molar-refractivity contribution in [1.82, 2.24) is 0 Å². The lowest BCUT2D eigenvalue weighted by Crippen LogP contribution is -2.43. The molecule has 114 valence electrons. The molecule has 0 bridgehead atoms. The number of rotatable bonds is 6. The van der Waals surface area contributed by atoms with Gasteiger partial charge in [-0.1, -0.05) is 52.7 Å². The van der Waals surface area contributed by atoms with Crippen LogP contribution in [0.3, 0.4) is 0 Å². The van der Waals surface area contributed by atoms with Gasteiger partial charge in [-0.3, -0.25) is 0 Å². The molecule has 0 saturated heterocycles. The van der Waals surface area contributed by atoms with Crippen LogP contribution in [0.15, 0.2) is 24.3 Å². The summed E-state index contributed by atoms with van der Waals surface area (Å²) in [4.78, 5) is 0. The van der Waals surface area contributed by atoms with E-state index in [1.54, 1.807) is 0 Å². The molecule has 20 heavy (non-hydrogen) atoms. The monoisotopic (exact) mass is 294 g/mol. The number of unbranched alkanes of at least 4 members (excludes halogenated alkanes) is 1. The van der Waals surface area contributed by atoms with Crippen LogP contribution in [0, 0.1) is 0 Å². The van der Waals surface area contributed by atoms with E-state index < -0.39 is 8.32 Å². The molecule has 0 aliphatic carbocycles. The highest BCUT2D eigenvalue weighted by Gasteiger charge is 2.38. The van der Waals surface area contributed by atoms with Gasteiger partial charge in [0.1, 0.15) is 5.75 Å². The SMILES string of the molecule is CCCCC(O)c1ccc(O[Si](C)(C)C(C)(C)C)cc1. The first-order valence-corrected chi connectivity index (χ1v) is 10.6. The first kappa shape index (κ1) is 17.2. The topological polar surface area (TPSA) is 29.5 Å². The zero-order valence-electron chi connectivity index (χ0n) is 13.9. The van der Waals surface area contributed by atoms with Gasteiger partial charge in [-0.25, -0.2) is 0 Å². The summed E-state index contributed by atoms with van der Waals surface area (Å²) in [7, 11) is -1.77. The minimum Gasteiger partial charge on any atom is -0.544 e. The summed E-state index contributed by atoms with van der Waals surface area (Å²) in [6, 6.07) is 7.96. The van der Waals surface area contributed by atoms with Crippen molar-refractivity contribution in [1.29, 1.82) is 0 Å². The predicted molar refractivity (Wildman–Crippen MR) is 88.8 cm³/mol. The van der Waals surface area contributed by atoms with Crippen molar-refractivity contribution in [3.63, 3.8) is 0 Å². The highest BCUT2D eigenvalue weighted by atomic mass is 28.4. The van der Waals surface area contributed by atoms with Gasteiger partial charge in [0.2, 0.25) is 8.32 Å². The second-order valence-corrected chi connectivity index (χ2v) is 11.8. The number of benzene rings is 1. The number of hydrogen-bond acceptors (Lipinski definition) is 2. The number of aliphatic hydroxyl groups excluding tert-OH is 1. The second kappa shape index (κ2) is 6.77. The van der Waals surface area contributed by atoms with E-state index in [4.69, 9.17) is 4.43 Å². The zero-order chi connectivity index (χ0) is 15.4. The maximum atomic E-state index is 10.1. The molecule has 0 heterocycles. The fourth-order valence-corrected chi connectivity index (χ4v) is 2.80. The van der Waals surface area contributed by atoms with Gasteiger partial charge in [0, 0.05) is 0 Å². The molecule has 1 atom stereocenters. The largest absolute Gasteiger partial charge is 0.544 e. The van der Waals surface area contributed by atoms with Crippen LogP contribution in [0.2, 0.25) is 18.1 Å². The van der Waals surface area contributed by atoms with Gasteiger partial charge in [0.05, 0.1) is 6.10 Å². The smallest absolute Gasteiger partial charge is 0.250 e. The minimum atomic E-state index is -1.77. The van der Waals surface area contributed by atoms with Crippen LogP contribution in [0.1, 0.15) is 58.6 Å². The Morgan fingerprint density at radius 3 is 2.15 bits per heavy atom. The van der Waals surface area contributed by atoms with Crippen molar-refractivity contribution < 1.29 is 9.53 Å². The summed E-state index contributed by atoms with van der Waals surface area (Å²) in [5.41, 5.74) is 0.987. The van der Waals surface area contributed by atoms with E-state index in [1.165, 1.54) is 0 Å². The third-order valence-corrected chi connectivity index (χ3v) is 8.63. The molecule has 0 aliphatic heterocycles. The molecule has 0 aliphatic rings. The average molecular weight is 295 g/mol. The molecule has 0 amide bonds. The zero-order valence-corrected chi connectivity index (χ0v) is 14.9. The van der Waals surface area contributed by atoms with Crippen molar-refractivity contribution in [2.75, 3.05) is 0 Å². The molecule has 0 aromatic heterocycles. The predicted octanol–water partition coefficient (Wildman–Crippen LogP) is 5.29. The van der Waals surface area contributed by atoms with Crippen molar-refractivity contribution in [2.24, 2.45) is 0 Å². The lowest BCUT2D eigenvalue weighted by Gasteiger charge is -2.36. The maximum Gasteiger partial charge on any atom is 0.250 e. The molecule has 0 spiro atoms. The van der Waals surface area contributed by atoms with E-state index in [-0.39, 0.29) is 11.1 Å². The third kappa shape index (κ3) is 4.64. The summed E-state index contributed by atoms with van der Waals surface area (Å²) in [6.45, 7) is 13.4. The normalized spacial score (nSPS) is 14.2. The van der Waals surface area contributed by atoms with Crippen LogP contribution in [0.4, 0.5) is 0 Å². The highest BCUT2D eigenvalue weighted by Crippen LogP contribution is 2.37. The molecule has 0 fully saturated rings. The quantitative estimate of drug-likeness (QED) is 0.722. The molecule has 2 nitrogen and oxygen atoms in total. The Kier molecular flexibility index (Phi) is 5.84. The van der Waals surface area contributed by atoms with Crippen LogP contribution in [-0.4, -0.2) is 13.4 Å². The Hall–Kier alpha value is -0.803. The summed E-state index contributed by atoms with van der Waals surface area (Å²) in [5.74, 6) is 0.919. The van der Waals surface area contributed by atoms with Crippen molar-refractivity contribution in [3.05, 3.63) is 29.8 Å². The Balaban J connectivity index is 2.72. The van der Waals surface area contributed by atoms with E-state index >= 15 is 0 Å². The van der Waals surface area contributed by atoms with Crippen molar-refractivity contribution in [3.8, 4) is 5.75 Å². The third-order valence-electron chi connectivity index (χ3n) is 4.28. The summed E-state index contributed by atoms with van der Waals surface area (Å²) in [6.07, 6.45) is 2.66. The Bertz CT molecular complexity index is 404. The molecule has 0 radical (unpaired) electrons. The molecule has 0 saturated carbocycles. The van der Waals surface area contributed by atoms with Gasteiger partial charge >= 0.3 is 0 Å². The summed E-state index contributed by atoms with van der Waals surface area (Å²) in [5, 5.41) is 10.3. The molecule has 1 N–H and O–H groups in total. The van der Waals surface area contributed by atoms with Crippen LogP contribution in [0.25, 0.3) is 0 Å². The van der Waals surface area contributed by atoms with Crippen molar-refractivity contribution >= 4 is 8.32 Å². The number of aliphatic hydroxyl groups is 1. The minimum absolute atomic E-state index is 0.201. The Morgan fingerprint density at radius 2 is 1.70 bits per heavy atom. The molecule has 1 aromatic rings. The van der Waals surface area contributed by atoms with Gasteiger partial charge in [-0.05, 0) is 42.2 Å². The van der Waals surface area contributed by atoms with Gasteiger partial charge in [0.15, 0.2) is 0 Å². The highest BCUT2D eigenvalue weighted by molar-refractivity contribution is 6.74. The standard InChI is InChI=1S/C17H30O2Si/c1-7-8-9-16(18)14-10-12-15(13-11-14)19-20(5,6)17(2,3)4/h10-13,16,18H,7-9H2,1-6H3. The fraction of sp³-hybridized carbons (Fsp3) is 0.647. The lowest BCUT2D eigenvalue weighted by atomic mass is 10.0. The van der Waals surface area contributed by atoms with E-state index in [0.29, 0.717) is 0 Å². The molecule has 3 heteroatoms. The van der Waals surface area contributed by atoms with Crippen LogP contribution < -0.4 is 4.43 Å². The van der Waals surface area contributed by atoms with E-state index in [1.807, 2.05) is 24.3 Å². The van der Waals surface area contributed by atoms with Gasteiger partial charge < -0.3 is 9.53 Å². The maximum absolute atomic E-state index is 10.1. The van der Waals surface area contributed by atoms with E-state index in [9.17, 15) is 5.11 Å². The molecule has 1 rings (SSSR count). The Labute approximate surface area is 125 Å². The first-order chi connectivity index (χ1) is 9.17. The van der Waals surface area contributed by atoms with Crippen LogP contribution >= 0.6 is 0 Å². The van der Waals surface area contributed by atoms with Crippen LogP contribution in [-0.2, 0) is 0 Å². The number of hydrogen-bond donors (Lipinski definition) is 1. The van der Waals surface area contributed by atoms with E-state index in [2.05, 4.69) is 40.8 Å². The van der Waals surface area contributed by atoms with Gasteiger partial charge in [0.25, 0.3) is 0 Å². The molecular formula is C17H30O2Si. The lowest BCUT2D eigenvalue weighted by molar-refractivity contribution is 0.164. The molecular weight excluding hydrogens is 264 g/mol. The van der Waals surface area contributed by atoms with Gasteiger partial charge in [-0.2, -0.15) is 0 Å². The Morgan fingerprint density at radius 1 is 1.15 bits per heavy atom. The molecule has 1 unspecified atom stereocenters. The molecule has 1 aromatic carbocycles. The fourth-order valence-electron chi connectivity index (χ4n) is 1.77. The average Bonchev–Trinajstić information content (AvgIpc) is 2.35. The summed E-state index contributed by atoms with van der Waals surface area (Å²) >= 11 is 0. The summed E-state index contributed by atoms with van der Waals surface area (Å²) < 4.78 is 6.24. The van der Waals surface area contributed by atoms with Crippen LogP contribution in [0.5, 0.6) is 5.75 Å². The van der Waals surface area contributed by atoms with E-state index in [0.717, 1.165) is 30.6 Å². The van der Waals surface area contributed by atoms with Crippen molar-refractivity contribution in [2.45, 2.75) is 71.2 Å². The first-order valence-electron chi connectivity index (χ1n) is 7.64.